The Balaban J connectivity index is 2.23. The van der Waals surface area contributed by atoms with Crippen LogP contribution in [0.4, 0.5) is 0 Å². The Morgan fingerprint density at radius 2 is 2.11 bits per heavy atom. The van der Waals surface area contributed by atoms with E-state index in [-0.39, 0.29) is 31.2 Å². The molecule has 1 atom stereocenters. The zero-order valence-electron chi connectivity index (χ0n) is 10.2. The minimum atomic E-state index is -3.60. The molecule has 19 heavy (non-hydrogen) atoms. The van der Waals surface area contributed by atoms with Crippen LogP contribution in [0.5, 0.6) is 0 Å². The van der Waals surface area contributed by atoms with Crippen molar-refractivity contribution in [2.24, 2.45) is 0 Å². The van der Waals surface area contributed by atoms with Crippen LogP contribution in [0.25, 0.3) is 0 Å². The van der Waals surface area contributed by atoms with E-state index in [4.69, 9.17) is 15.1 Å². The molecule has 1 saturated heterocycles. The molecule has 1 N–H and O–H groups in total. The largest absolute Gasteiger partial charge is 0.394 e. The minimum Gasteiger partial charge on any atom is -0.394 e. The topological polar surface area (TPSA) is 90.6 Å². The number of hydrogen-bond donors (Lipinski definition) is 1. The summed E-state index contributed by atoms with van der Waals surface area (Å²) in [6.07, 6.45) is -0.484. The number of hydrogen-bond acceptors (Lipinski definition) is 5. The molecule has 1 heterocycles. The number of rotatable bonds is 3. The van der Waals surface area contributed by atoms with Crippen molar-refractivity contribution < 1.29 is 18.3 Å². The average Bonchev–Trinajstić information content (AvgIpc) is 2.47. The van der Waals surface area contributed by atoms with Crippen molar-refractivity contribution in [2.45, 2.75) is 11.0 Å². The highest BCUT2D eigenvalue weighted by atomic mass is 32.2. The van der Waals surface area contributed by atoms with Gasteiger partial charge in [0.1, 0.15) is 0 Å². The maximum Gasteiger partial charge on any atom is 0.243 e. The van der Waals surface area contributed by atoms with Crippen molar-refractivity contribution in [3.63, 3.8) is 0 Å². The maximum absolute atomic E-state index is 12.4. The third kappa shape index (κ3) is 2.93. The number of aliphatic hydroxyl groups is 1. The number of sulfonamides is 1. The predicted octanol–water partition coefficient (Wildman–Crippen LogP) is -0.0599. The first-order valence-corrected chi connectivity index (χ1v) is 7.24. The molecule has 0 amide bonds. The van der Waals surface area contributed by atoms with Gasteiger partial charge < -0.3 is 9.84 Å². The summed E-state index contributed by atoms with van der Waals surface area (Å²) in [5.74, 6) is 0. The first-order chi connectivity index (χ1) is 9.07. The maximum atomic E-state index is 12.4. The Hall–Kier alpha value is -1.46. The summed E-state index contributed by atoms with van der Waals surface area (Å²) < 4.78 is 31.2. The molecule has 2 rings (SSSR count). The number of aliphatic hydroxyl groups excluding tert-OH is 1. The summed E-state index contributed by atoms with van der Waals surface area (Å²) in [6, 6.07) is 7.71. The molecule has 1 aromatic carbocycles. The van der Waals surface area contributed by atoms with Crippen LogP contribution in [-0.2, 0) is 14.8 Å². The van der Waals surface area contributed by atoms with Crippen molar-refractivity contribution in [1.82, 2.24) is 4.31 Å². The van der Waals surface area contributed by atoms with Crippen LogP contribution in [-0.4, -0.2) is 50.2 Å². The molecular weight excluding hydrogens is 268 g/mol. The molecule has 0 bridgehead atoms. The summed E-state index contributed by atoms with van der Waals surface area (Å²) in [4.78, 5) is 0.144. The normalized spacial score (nSPS) is 20.9. The van der Waals surface area contributed by atoms with Gasteiger partial charge in [0, 0.05) is 13.1 Å². The van der Waals surface area contributed by atoms with Gasteiger partial charge in [-0.25, -0.2) is 8.42 Å². The Kier molecular flexibility index (Phi) is 4.17. The zero-order valence-corrected chi connectivity index (χ0v) is 11.0. The van der Waals surface area contributed by atoms with E-state index in [1.807, 2.05) is 6.07 Å². The van der Waals surface area contributed by atoms with Gasteiger partial charge in [-0.05, 0) is 24.3 Å². The van der Waals surface area contributed by atoms with E-state index in [2.05, 4.69) is 0 Å². The van der Waals surface area contributed by atoms with Gasteiger partial charge in [-0.3, -0.25) is 0 Å². The monoisotopic (exact) mass is 282 g/mol. The van der Waals surface area contributed by atoms with Crippen molar-refractivity contribution in [3.8, 4) is 6.07 Å². The van der Waals surface area contributed by atoms with Gasteiger partial charge in [-0.15, -0.1) is 0 Å². The van der Waals surface area contributed by atoms with Crippen LogP contribution >= 0.6 is 0 Å². The smallest absolute Gasteiger partial charge is 0.243 e. The van der Waals surface area contributed by atoms with Gasteiger partial charge in [0.05, 0.1) is 35.8 Å². The molecule has 1 aliphatic rings. The zero-order chi connectivity index (χ0) is 13.9. The van der Waals surface area contributed by atoms with E-state index in [1.165, 1.54) is 28.6 Å². The number of ether oxygens (including phenoxy) is 1. The first kappa shape index (κ1) is 14.0. The first-order valence-electron chi connectivity index (χ1n) is 5.80. The number of morpholine rings is 1. The van der Waals surface area contributed by atoms with Gasteiger partial charge >= 0.3 is 0 Å². The third-order valence-electron chi connectivity index (χ3n) is 2.93. The lowest BCUT2D eigenvalue weighted by molar-refractivity contribution is -0.0304. The quantitative estimate of drug-likeness (QED) is 0.838. The van der Waals surface area contributed by atoms with Gasteiger partial charge in [0.25, 0.3) is 0 Å². The summed E-state index contributed by atoms with van der Waals surface area (Å²) in [6.45, 7) is 0.456. The molecule has 1 unspecified atom stereocenters. The minimum absolute atomic E-state index is 0.138. The molecule has 1 aliphatic heterocycles. The lowest BCUT2D eigenvalue weighted by Gasteiger charge is -2.31. The summed E-state index contributed by atoms with van der Waals surface area (Å²) in [5, 5.41) is 17.7. The molecule has 1 aromatic rings. The van der Waals surface area contributed by atoms with E-state index in [0.717, 1.165) is 0 Å². The van der Waals surface area contributed by atoms with Gasteiger partial charge in [0.2, 0.25) is 10.0 Å². The highest BCUT2D eigenvalue weighted by molar-refractivity contribution is 7.89. The Morgan fingerprint density at radius 3 is 2.68 bits per heavy atom. The SMILES string of the molecule is N#Cc1ccc(S(=O)(=O)N2CCOC(CO)C2)cc1. The van der Waals surface area contributed by atoms with Crippen LogP contribution in [0.2, 0.25) is 0 Å². The number of benzene rings is 1. The fraction of sp³-hybridized carbons (Fsp3) is 0.417. The Morgan fingerprint density at radius 1 is 1.42 bits per heavy atom. The van der Waals surface area contributed by atoms with Crippen LogP contribution in [0.1, 0.15) is 5.56 Å². The van der Waals surface area contributed by atoms with E-state index >= 15 is 0 Å². The molecule has 0 saturated carbocycles. The Bertz CT molecular complexity index is 577. The van der Waals surface area contributed by atoms with Crippen LogP contribution in [0, 0.1) is 11.3 Å². The van der Waals surface area contributed by atoms with E-state index in [0.29, 0.717) is 5.56 Å². The average molecular weight is 282 g/mol. The van der Waals surface area contributed by atoms with E-state index in [1.54, 1.807) is 0 Å². The van der Waals surface area contributed by atoms with E-state index in [9.17, 15) is 8.42 Å². The van der Waals surface area contributed by atoms with E-state index < -0.39 is 16.1 Å². The fourth-order valence-corrected chi connectivity index (χ4v) is 3.33. The summed E-state index contributed by atoms with van der Waals surface area (Å²) in [5.41, 5.74) is 0.411. The highest BCUT2D eigenvalue weighted by Gasteiger charge is 2.30. The number of nitriles is 1. The third-order valence-corrected chi connectivity index (χ3v) is 4.81. The molecule has 1 fully saturated rings. The second kappa shape index (κ2) is 5.67. The van der Waals surface area contributed by atoms with Crippen LogP contribution < -0.4 is 0 Å². The highest BCUT2D eigenvalue weighted by Crippen LogP contribution is 2.19. The summed E-state index contributed by atoms with van der Waals surface area (Å²) in [7, 11) is -3.60. The molecule has 6 nitrogen and oxygen atoms in total. The molecule has 7 heteroatoms. The molecular formula is C12H14N2O4S. The molecule has 0 aromatic heterocycles. The lowest BCUT2D eigenvalue weighted by atomic mass is 10.2. The lowest BCUT2D eigenvalue weighted by Crippen LogP contribution is -2.46. The molecule has 102 valence electrons. The van der Waals surface area contributed by atoms with Crippen molar-refractivity contribution in [2.75, 3.05) is 26.3 Å². The summed E-state index contributed by atoms with van der Waals surface area (Å²) >= 11 is 0. The molecule has 0 spiro atoms. The molecule has 0 radical (unpaired) electrons. The van der Waals surface area contributed by atoms with Crippen molar-refractivity contribution in [1.29, 1.82) is 5.26 Å². The van der Waals surface area contributed by atoms with Crippen molar-refractivity contribution >= 4 is 10.0 Å². The van der Waals surface area contributed by atoms with Crippen LogP contribution in [0.3, 0.4) is 0 Å². The second-order valence-corrected chi connectivity index (χ2v) is 6.11. The Labute approximate surface area is 111 Å². The fourth-order valence-electron chi connectivity index (χ4n) is 1.87. The van der Waals surface area contributed by atoms with Gasteiger partial charge in [-0.2, -0.15) is 9.57 Å². The standard InChI is InChI=1S/C12H14N2O4S/c13-7-10-1-3-12(4-2-10)19(16,17)14-5-6-18-11(8-14)9-15/h1-4,11,15H,5-6,8-9H2. The molecule has 0 aliphatic carbocycles. The van der Waals surface area contributed by atoms with Gasteiger partial charge in [0.15, 0.2) is 0 Å². The van der Waals surface area contributed by atoms with Crippen molar-refractivity contribution in [3.05, 3.63) is 29.8 Å². The number of nitrogens with zero attached hydrogens (tertiary/aromatic N) is 2. The van der Waals surface area contributed by atoms with Crippen LogP contribution in [0.15, 0.2) is 29.2 Å². The van der Waals surface area contributed by atoms with Gasteiger partial charge in [-0.1, -0.05) is 0 Å². The second-order valence-electron chi connectivity index (χ2n) is 4.17. The predicted molar refractivity (Wildman–Crippen MR) is 66.7 cm³/mol.